The fraction of sp³-hybridized carbons (Fsp3) is 0.389. The van der Waals surface area contributed by atoms with Crippen LogP contribution in [-0.4, -0.2) is 27.2 Å². The average Bonchev–Trinajstić information content (AvgIpc) is 3.14. The molecule has 2 heterocycles. The van der Waals surface area contributed by atoms with Crippen molar-refractivity contribution in [3.8, 4) is 0 Å². The van der Waals surface area contributed by atoms with Gasteiger partial charge in [-0.25, -0.2) is 4.98 Å². The van der Waals surface area contributed by atoms with Crippen molar-refractivity contribution in [1.29, 1.82) is 0 Å². The number of carbonyl (C=O) groups excluding carboxylic acids is 1. The van der Waals surface area contributed by atoms with Crippen molar-refractivity contribution in [2.24, 2.45) is 0 Å². The third kappa shape index (κ3) is 3.64. The van der Waals surface area contributed by atoms with Crippen LogP contribution in [0.4, 0.5) is 0 Å². The van der Waals surface area contributed by atoms with Gasteiger partial charge in [0.1, 0.15) is 5.76 Å². The standard InChI is InChI=1S/C18H22N4O2/c1-13-15(14(2)24-21-13)8-9-18(23)19-10-5-11-22-12-20-16-6-3-4-7-17(16)22/h3-4,6-7,12H,5,8-11H2,1-2H3,(H,19,23). The Morgan fingerprint density at radius 1 is 1.29 bits per heavy atom. The van der Waals surface area contributed by atoms with Gasteiger partial charge in [0, 0.05) is 25.1 Å². The van der Waals surface area contributed by atoms with Crippen molar-refractivity contribution in [2.45, 2.75) is 39.7 Å². The van der Waals surface area contributed by atoms with Crippen LogP contribution in [0.1, 0.15) is 29.9 Å². The highest BCUT2D eigenvalue weighted by Gasteiger charge is 2.10. The number of fused-ring (bicyclic) bond motifs is 1. The van der Waals surface area contributed by atoms with E-state index in [4.69, 9.17) is 4.52 Å². The number of aromatic nitrogens is 3. The molecule has 126 valence electrons. The fourth-order valence-electron chi connectivity index (χ4n) is 2.85. The van der Waals surface area contributed by atoms with Gasteiger partial charge in [-0.2, -0.15) is 0 Å². The minimum atomic E-state index is 0.0606. The van der Waals surface area contributed by atoms with Gasteiger partial charge in [-0.15, -0.1) is 0 Å². The maximum atomic E-state index is 12.0. The molecule has 0 spiro atoms. The van der Waals surface area contributed by atoms with Gasteiger partial charge in [0.2, 0.25) is 5.91 Å². The maximum absolute atomic E-state index is 12.0. The lowest BCUT2D eigenvalue weighted by atomic mass is 10.1. The summed E-state index contributed by atoms with van der Waals surface area (Å²) in [6.45, 7) is 5.28. The summed E-state index contributed by atoms with van der Waals surface area (Å²) >= 11 is 0. The molecule has 0 aliphatic rings. The molecule has 6 nitrogen and oxygen atoms in total. The second-order valence-electron chi connectivity index (χ2n) is 5.93. The van der Waals surface area contributed by atoms with Crippen molar-refractivity contribution >= 4 is 16.9 Å². The smallest absolute Gasteiger partial charge is 0.220 e. The number of para-hydroxylation sites is 2. The van der Waals surface area contributed by atoms with E-state index in [-0.39, 0.29) is 5.91 Å². The highest BCUT2D eigenvalue weighted by Crippen LogP contribution is 2.14. The number of hydrogen-bond donors (Lipinski definition) is 1. The number of nitrogens with zero attached hydrogens (tertiary/aromatic N) is 3. The van der Waals surface area contributed by atoms with Crippen LogP contribution in [0.25, 0.3) is 11.0 Å². The Morgan fingerprint density at radius 3 is 2.92 bits per heavy atom. The molecule has 0 unspecified atom stereocenters. The first-order valence-corrected chi connectivity index (χ1v) is 8.23. The zero-order valence-corrected chi connectivity index (χ0v) is 14.1. The van der Waals surface area contributed by atoms with Crippen LogP contribution in [-0.2, 0) is 17.8 Å². The van der Waals surface area contributed by atoms with E-state index in [0.717, 1.165) is 41.0 Å². The zero-order chi connectivity index (χ0) is 16.9. The number of aryl methyl sites for hydroxylation is 3. The largest absolute Gasteiger partial charge is 0.361 e. The van der Waals surface area contributed by atoms with Crippen LogP contribution >= 0.6 is 0 Å². The topological polar surface area (TPSA) is 73.0 Å². The predicted octanol–water partition coefficient (Wildman–Crippen LogP) is 2.78. The summed E-state index contributed by atoms with van der Waals surface area (Å²) in [7, 11) is 0. The Hall–Kier alpha value is -2.63. The van der Waals surface area contributed by atoms with Crippen molar-refractivity contribution in [3.63, 3.8) is 0 Å². The first-order valence-electron chi connectivity index (χ1n) is 8.23. The first kappa shape index (κ1) is 16.2. The Balaban J connectivity index is 1.41. The summed E-state index contributed by atoms with van der Waals surface area (Å²) in [4.78, 5) is 16.3. The number of carbonyl (C=O) groups is 1. The first-order chi connectivity index (χ1) is 11.6. The molecule has 24 heavy (non-hydrogen) atoms. The highest BCUT2D eigenvalue weighted by molar-refractivity contribution is 5.76. The minimum absolute atomic E-state index is 0.0606. The van der Waals surface area contributed by atoms with Crippen molar-refractivity contribution in [3.05, 3.63) is 47.6 Å². The lowest BCUT2D eigenvalue weighted by molar-refractivity contribution is -0.121. The summed E-state index contributed by atoms with van der Waals surface area (Å²) in [6.07, 6.45) is 3.84. The van der Waals surface area contributed by atoms with Crippen molar-refractivity contribution < 1.29 is 9.32 Å². The summed E-state index contributed by atoms with van der Waals surface area (Å²) in [6, 6.07) is 8.06. The maximum Gasteiger partial charge on any atom is 0.220 e. The predicted molar refractivity (Wildman–Crippen MR) is 91.7 cm³/mol. The Labute approximate surface area is 140 Å². The SMILES string of the molecule is Cc1noc(C)c1CCC(=O)NCCCn1cnc2ccccc21. The van der Waals surface area contributed by atoms with Gasteiger partial charge in [0.25, 0.3) is 0 Å². The van der Waals surface area contributed by atoms with Gasteiger partial charge in [0.15, 0.2) is 0 Å². The van der Waals surface area contributed by atoms with E-state index in [2.05, 4.69) is 26.1 Å². The molecule has 0 saturated carbocycles. The number of rotatable bonds is 7. The van der Waals surface area contributed by atoms with E-state index in [1.54, 1.807) is 0 Å². The fourth-order valence-corrected chi connectivity index (χ4v) is 2.85. The van der Waals surface area contributed by atoms with Crippen LogP contribution in [0, 0.1) is 13.8 Å². The lowest BCUT2D eigenvalue weighted by Gasteiger charge is -2.07. The van der Waals surface area contributed by atoms with Gasteiger partial charge < -0.3 is 14.4 Å². The molecule has 0 atom stereocenters. The highest BCUT2D eigenvalue weighted by atomic mass is 16.5. The molecule has 0 saturated heterocycles. The molecule has 3 aromatic rings. The van der Waals surface area contributed by atoms with Gasteiger partial charge in [-0.3, -0.25) is 4.79 Å². The molecule has 3 rings (SSSR count). The molecule has 2 aromatic heterocycles. The van der Waals surface area contributed by atoms with Gasteiger partial charge in [0.05, 0.1) is 23.1 Å². The van der Waals surface area contributed by atoms with Gasteiger partial charge >= 0.3 is 0 Å². The average molecular weight is 326 g/mol. The zero-order valence-electron chi connectivity index (χ0n) is 14.1. The Kier molecular flexibility index (Phi) is 4.93. The number of imidazole rings is 1. The summed E-state index contributed by atoms with van der Waals surface area (Å²) in [5.41, 5.74) is 4.03. The molecular weight excluding hydrogens is 304 g/mol. The molecule has 1 amide bonds. The van der Waals surface area contributed by atoms with E-state index in [0.29, 0.717) is 19.4 Å². The summed E-state index contributed by atoms with van der Waals surface area (Å²) in [5, 5.41) is 6.88. The summed E-state index contributed by atoms with van der Waals surface area (Å²) in [5.74, 6) is 0.859. The number of hydrogen-bond acceptors (Lipinski definition) is 4. The number of amides is 1. The van der Waals surface area contributed by atoms with E-state index >= 15 is 0 Å². The molecule has 1 N–H and O–H groups in total. The van der Waals surface area contributed by atoms with Gasteiger partial charge in [-0.1, -0.05) is 17.3 Å². The van der Waals surface area contributed by atoms with E-state index in [1.165, 1.54) is 0 Å². The molecule has 1 aromatic carbocycles. The quantitative estimate of drug-likeness (QED) is 0.678. The third-order valence-corrected chi connectivity index (χ3v) is 4.21. The molecule has 0 fully saturated rings. The molecule has 6 heteroatoms. The van der Waals surface area contributed by atoms with E-state index < -0.39 is 0 Å². The van der Waals surface area contributed by atoms with Gasteiger partial charge in [-0.05, 0) is 38.8 Å². The monoisotopic (exact) mass is 326 g/mol. The Morgan fingerprint density at radius 2 is 2.12 bits per heavy atom. The third-order valence-electron chi connectivity index (χ3n) is 4.21. The number of benzene rings is 1. The molecule has 0 aliphatic heterocycles. The number of nitrogens with one attached hydrogen (secondary N) is 1. The molecular formula is C18H22N4O2. The second-order valence-corrected chi connectivity index (χ2v) is 5.93. The van der Waals surface area contributed by atoms with E-state index in [1.807, 2.05) is 38.4 Å². The van der Waals surface area contributed by atoms with Crippen molar-refractivity contribution in [2.75, 3.05) is 6.54 Å². The minimum Gasteiger partial charge on any atom is -0.361 e. The van der Waals surface area contributed by atoms with Crippen LogP contribution in [0.15, 0.2) is 35.1 Å². The molecule has 0 bridgehead atoms. The second kappa shape index (κ2) is 7.29. The summed E-state index contributed by atoms with van der Waals surface area (Å²) < 4.78 is 7.23. The van der Waals surface area contributed by atoms with Crippen LogP contribution in [0.5, 0.6) is 0 Å². The van der Waals surface area contributed by atoms with Crippen molar-refractivity contribution in [1.82, 2.24) is 20.0 Å². The molecule has 0 aliphatic carbocycles. The van der Waals surface area contributed by atoms with Crippen LogP contribution in [0.3, 0.4) is 0 Å². The molecule has 0 radical (unpaired) electrons. The normalized spacial score (nSPS) is 11.1. The van der Waals surface area contributed by atoms with Crippen LogP contribution < -0.4 is 5.32 Å². The Bertz CT molecular complexity index is 815. The van der Waals surface area contributed by atoms with Crippen LogP contribution in [0.2, 0.25) is 0 Å². The lowest BCUT2D eigenvalue weighted by Crippen LogP contribution is -2.25. The van der Waals surface area contributed by atoms with E-state index in [9.17, 15) is 4.79 Å².